The van der Waals surface area contributed by atoms with E-state index in [1.807, 2.05) is 32.9 Å². The van der Waals surface area contributed by atoms with Crippen LogP contribution in [-0.4, -0.2) is 22.6 Å². The Labute approximate surface area is 103 Å². The second kappa shape index (κ2) is 6.40. The van der Waals surface area contributed by atoms with Gasteiger partial charge < -0.3 is 0 Å². The van der Waals surface area contributed by atoms with E-state index in [1.54, 1.807) is 6.20 Å². The average molecular weight is 235 g/mol. The van der Waals surface area contributed by atoms with Crippen LogP contribution in [0.15, 0.2) is 35.1 Å². The molecule has 0 radical (unpaired) electrons. The molecule has 0 saturated carbocycles. The van der Waals surface area contributed by atoms with Gasteiger partial charge in [0, 0.05) is 23.9 Å². The van der Waals surface area contributed by atoms with Gasteiger partial charge in [-0.2, -0.15) is 0 Å². The van der Waals surface area contributed by atoms with Crippen molar-refractivity contribution >= 4 is 5.78 Å². The number of allylic oxidation sites excluding steroid dienone is 5. The van der Waals surface area contributed by atoms with Crippen LogP contribution in [0.3, 0.4) is 0 Å². The number of hydroxylamine groups is 2. The van der Waals surface area contributed by atoms with Crippen LogP contribution in [0, 0.1) is 0 Å². The highest BCUT2D eigenvalue weighted by Crippen LogP contribution is 2.23. The Morgan fingerprint density at radius 3 is 2.12 bits per heavy atom. The Morgan fingerprint density at radius 2 is 1.71 bits per heavy atom. The van der Waals surface area contributed by atoms with E-state index in [4.69, 9.17) is 0 Å². The van der Waals surface area contributed by atoms with Gasteiger partial charge in [0.2, 0.25) is 0 Å². The Kier molecular flexibility index (Phi) is 5.16. The minimum atomic E-state index is 0.145. The van der Waals surface area contributed by atoms with E-state index in [2.05, 4.69) is 0 Å². The molecule has 0 amide bonds. The molecule has 17 heavy (non-hydrogen) atoms. The largest absolute Gasteiger partial charge is 0.289 e. The predicted molar refractivity (Wildman–Crippen MR) is 68.6 cm³/mol. The average Bonchev–Trinajstić information content (AvgIpc) is 2.31. The first kappa shape index (κ1) is 13.7. The zero-order chi connectivity index (χ0) is 12.8. The number of carbonyl (C=O) groups is 1. The molecule has 3 nitrogen and oxygen atoms in total. The number of rotatable bonds is 5. The van der Waals surface area contributed by atoms with Crippen molar-refractivity contribution in [3.8, 4) is 0 Å². The quantitative estimate of drug-likeness (QED) is 0.744. The molecule has 0 aromatic heterocycles. The maximum Gasteiger partial charge on any atom is 0.185 e. The fourth-order valence-electron chi connectivity index (χ4n) is 1.85. The summed E-state index contributed by atoms with van der Waals surface area (Å²) in [6.45, 7) is 6.56. The molecule has 0 fully saturated rings. The van der Waals surface area contributed by atoms with Crippen LogP contribution in [0.5, 0.6) is 0 Å². The summed E-state index contributed by atoms with van der Waals surface area (Å²) >= 11 is 0. The van der Waals surface area contributed by atoms with Gasteiger partial charge in [-0.15, -0.1) is 0 Å². The molecule has 0 heterocycles. The van der Waals surface area contributed by atoms with Gasteiger partial charge >= 0.3 is 0 Å². The van der Waals surface area contributed by atoms with E-state index in [-0.39, 0.29) is 5.78 Å². The van der Waals surface area contributed by atoms with Crippen molar-refractivity contribution in [3.63, 3.8) is 0 Å². The molecule has 1 aliphatic rings. The van der Waals surface area contributed by atoms with Crippen molar-refractivity contribution in [2.75, 3.05) is 6.54 Å². The highest BCUT2D eigenvalue weighted by Gasteiger charge is 2.17. The lowest BCUT2D eigenvalue weighted by Gasteiger charge is -2.16. The summed E-state index contributed by atoms with van der Waals surface area (Å²) in [6, 6.07) is 0. The summed E-state index contributed by atoms with van der Waals surface area (Å²) in [5.74, 6) is 0.145. The molecule has 0 aromatic rings. The number of ketones is 1. The number of hydrogen-bond donors (Lipinski definition) is 1. The van der Waals surface area contributed by atoms with E-state index in [0.29, 0.717) is 6.54 Å². The molecular weight excluding hydrogens is 214 g/mol. The fraction of sp³-hybridized carbons (Fsp3) is 0.500. The Hall–Kier alpha value is -1.35. The summed E-state index contributed by atoms with van der Waals surface area (Å²) in [5, 5.41) is 10.8. The first-order chi connectivity index (χ1) is 8.12. The zero-order valence-corrected chi connectivity index (χ0v) is 10.9. The number of hydrogen-bond acceptors (Lipinski definition) is 3. The first-order valence-electron chi connectivity index (χ1n) is 6.25. The third-order valence-electron chi connectivity index (χ3n) is 2.78. The van der Waals surface area contributed by atoms with Crippen LogP contribution < -0.4 is 0 Å². The van der Waals surface area contributed by atoms with Crippen LogP contribution in [0.25, 0.3) is 0 Å². The van der Waals surface area contributed by atoms with Gasteiger partial charge in [0.1, 0.15) is 0 Å². The Bertz CT molecular complexity index is 352. The molecule has 1 aliphatic carbocycles. The Morgan fingerprint density at radius 1 is 1.18 bits per heavy atom. The van der Waals surface area contributed by atoms with Crippen LogP contribution in [0.4, 0.5) is 0 Å². The lowest BCUT2D eigenvalue weighted by molar-refractivity contribution is -0.112. The molecule has 0 atom stereocenters. The van der Waals surface area contributed by atoms with Gasteiger partial charge in [0.25, 0.3) is 0 Å². The number of nitrogens with zero attached hydrogens (tertiary/aromatic N) is 1. The highest BCUT2D eigenvalue weighted by molar-refractivity contribution is 6.10. The minimum Gasteiger partial charge on any atom is -0.289 e. The van der Waals surface area contributed by atoms with Gasteiger partial charge in [-0.3, -0.25) is 15.1 Å². The van der Waals surface area contributed by atoms with Crippen molar-refractivity contribution in [2.45, 2.75) is 40.0 Å². The number of carbonyl (C=O) groups excluding carboxylic acids is 1. The van der Waals surface area contributed by atoms with Crippen LogP contribution >= 0.6 is 0 Å². The van der Waals surface area contributed by atoms with Gasteiger partial charge in [-0.1, -0.05) is 20.8 Å². The van der Waals surface area contributed by atoms with Crippen molar-refractivity contribution in [1.82, 2.24) is 5.06 Å². The molecule has 0 aromatic carbocycles. The molecular formula is C14H21NO2. The summed E-state index contributed by atoms with van der Waals surface area (Å²) in [6.07, 6.45) is 7.75. The van der Waals surface area contributed by atoms with Gasteiger partial charge in [0.05, 0.1) is 0 Å². The SMILES string of the molecule is CCCN(O)C=C1C=C(CC)C(=O)C(CC)=C1. The van der Waals surface area contributed by atoms with Crippen molar-refractivity contribution in [2.24, 2.45) is 0 Å². The third kappa shape index (κ3) is 3.56. The standard InChI is InChI=1S/C14H21NO2/c1-4-7-15(17)10-11-8-12(5-2)14(16)13(6-3)9-11/h8-10,17H,4-7H2,1-3H3. The van der Waals surface area contributed by atoms with Gasteiger partial charge in [0.15, 0.2) is 5.78 Å². The molecule has 0 saturated heterocycles. The van der Waals surface area contributed by atoms with Crippen molar-refractivity contribution in [1.29, 1.82) is 0 Å². The van der Waals surface area contributed by atoms with Gasteiger partial charge in [-0.25, -0.2) is 0 Å². The fourth-order valence-corrected chi connectivity index (χ4v) is 1.85. The van der Waals surface area contributed by atoms with Crippen LogP contribution in [0.2, 0.25) is 0 Å². The third-order valence-corrected chi connectivity index (χ3v) is 2.78. The van der Waals surface area contributed by atoms with Gasteiger partial charge in [-0.05, 0) is 37.0 Å². The molecule has 94 valence electrons. The lowest BCUT2D eigenvalue weighted by Crippen LogP contribution is -2.15. The zero-order valence-electron chi connectivity index (χ0n) is 10.9. The molecule has 1 rings (SSSR count). The topological polar surface area (TPSA) is 40.5 Å². The molecule has 0 spiro atoms. The minimum absolute atomic E-state index is 0.145. The summed E-state index contributed by atoms with van der Waals surface area (Å²) in [5.41, 5.74) is 2.54. The predicted octanol–water partition coefficient (Wildman–Crippen LogP) is 3.23. The maximum absolute atomic E-state index is 11.9. The Balaban J connectivity index is 2.96. The molecule has 0 bridgehead atoms. The number of Topliss-reactive ketones (excluding diaryl/α,β-unsaturated/α-hetero) is 1. The molecule has 3 heteroatoms. The summed E-state index contributed by atoms with van der Waals surface area (Å²) in [4.78, 5) is 11.9. The van der Waals surface area contributed by atoms with E-state index >= 15 is 0 Å². The molecule has 1 N–H and O–H groups in total. The van der Waals surface area contributed by atoms with E-state index in [0.717, 1.165) is 36.0 Å². The summed E-state index contributed by atoms with van der Waals surface area (Å²) in [7, 11) is 0. The van der Waals surface area contributed by atoms with Crippen LogP contribution in [-0.2, 0) is 4.79 Å². The smallest absolute Gasteiger partial charge is 0.185 e. The maximum atomic E-state index is 11.9. The second-order valence-electron chi connectivity index (χ2n) is 4.17. The lowest BCUT2D eigenvalue weighted by atomic mass is 9.91. The van der Waals surface area contributed by atoms with Crippen molar-refractivity contribution in [3.05, 3.63) is 35.1 Å². The second-order valence-corrected chi connectivity index (χ2v) is 4.17. The summed E-state index contributed by atoms with van der Waals surface area (Å²) < 4.78 is 0. The van der Waals surface area contributed by atoms with E-state index in [9.17, 15) is 10.0 Å². The highest BCUT2D eigenvalue weighted by atomic mass is 16.5. The molecule has 0 aliphatic heterocycles. The monoisotopic (exact) mass is 235 g/mol. The van der Waals surface area contributed by atoms with E-state index in [1.165, 1.54) is 5.06 Å². The molecule has 0 unspecified atom stereocenters. The normalized spacial score (nSPS) is 15.5. The van der Waals surface area contributed by atoms with Crippen molar-refractivity contribution < 1.29 is 10.0 Å². The van der Waals surface area contributed by atoms with E-state index < -0.39 is 0 Å². The first-order valence-corrected chi connectivity index (χ1v) is 6.25. The van der Waals surface area contributed by atoms with Crippen LogP contribution in [0.1, 0.15) is 40.0 Å².